The van der Waals surface area contributed by atoms with E-state index in [9.17, 15) is 4.79 Å². The van der Waals surface area contributed by atoms with Crippen LogP contribution >= 0.6 is 0 Å². The minimum Gasteiger partial charge on any atom is -0.322 e. The summed E-state index contributed by atoms with van der Waals surface area (Å²) in [6, 6.07) is 7.37. The summed E-state index contributed by atoms with van der Waals surface area (Å²) in [7, 11) is 0. The van der Waals surface area contributed by atoms with Crippen LogP contribution in [-0.4, -0.2) is 35.9 Å². The van der Waals surface area contributed by atoms with Crippen molar-refractivity contribution in [2.24, 2.45) is 0 Å². The van der Waals surface area contributed by atoms with Crippen molar-refractivity contribution >= 4 is 11.6 Å². The van der Waals surface area contributed by atoms with E-state index in [-0.39, 0.29) is 11.4 Å². The summed E-state index contributed by atoms with van der Waals surface area (Å²) in [6.45, 7) is 9.77. The number of carbonyl (C=O) groups excluding carboxylic acids is 1. The lowest BCUT2D eigenvalue weighted by Gasteiger charge is -2.18. The van der Waals surface area contributed by atoms with Crippen LogP contribution in [0.25, 0.3) is 5.69 Å². The first-order valence-corrected chi connectivity index (χ1v) is 7.99. The Hall–Kier alpha value is -3.03. The number of tetrazole rings is 1. The maximum atomic E-state index is 12.6. The fourth-order valence-corrected chi connectivity index (χ4v) is 2.41. The highest BCUT2D eigenvalue weighted by Gasteiger charge is 2.20. The van der Waals surface area contributed by atoms with Gasteiger partial charge in [-0.1, -0.05) is 6.07 Å². The molecule has 0 saturated heterocycles. The minimum absolute atomic E-state index is 0.180. The van der Waals surface area contributed by atoms with Gasteiger partial charge in [0.25, 0.3) is 5.91 Å². The molecule has 2 aromatic heterocycles. The Bertz CT molecular complexity index is 917. The van der Waals surface area contributed by atoms with Crippen molar-refractivity contribution in [2.45, 2.75) is 40.2 Å². The number of aromatic nitrogens is 6. The monoisotopic (exact) mass is 339 g/mol. The highest BCUT2D eigenvalue weighted by Crippen LogP contribution is 2.19. The first-order valence-electron chi connectivity index (χ1n) is 7.99. The fraction of sp³-hybridized carbons (Fsp3) is 0.353. The Balaban J connectivity index is 1.85. The number of rotatable bonds is 3. The number of hydrogen-bond donors (Lipinski definition) is 1. The molecule has 3 aromatic rings. The van der Waals surface area contributed by atoms with Gasteiger partial charge in [0.05, 0.1) is 22.5 Å². The normalized spacial score (nSPS) is 11.6. The lowest BCUT2D eigenvalue weighted by atomic mass is 10.1. The molecule has 0 fully saturated rings. The van der Waals surface area contributed by atoms with Crippen LogP contribution < -0.4 is 5.32 Å². The average Bonchev–Trinajstić information content (AvgIpc) is 3.13. The second-order valence-corrected chi connectivity index (χ2v) is 6.89. The van der Waals surface area contributed by atoms with Crippen molar-refractivity contribution in [1.82, 2.24) is 30.0 Å². The fourth-order valence-electron chi connectivity index (χ4n) is 2.41. The molecule has 3 rings (SSSR count). The van der Waals surface area contributed by atoms with Gasteiger partial charge in [0, 0.05) is 11.9 Å². The van der Waals surface area contributed by atoms with Crippen LogP contribution in [0.2, 0.25) is 0 Å². The first kappa shape index (κ1) is 16.8. The lowest BCUT2D eigenvalue weighted by Crippen LogP contribution is -2.22. The zero-order valence-corrected chi connectivity index (χ0v) is 15.0. The maximum absolute atomic E-state index is 12.6. The molecule has 25 heavy (non-hydrogen) atoms. The van der Waals surface area contributed by atoms with E-state index in [4.69, 9.17) is 0 Å². The topological polar surface area (TPSA) is 90.5 Å². The van der Waals surface area contributed by atoms with Crippen LogP contribution in [0.4, 0.5) is 5.69 Å². The van der Waals surface area contributed by atoms with Crippen molar-refractivity contribution in [3.8, 4) is 5.69 Å². The molecule has 0 aliphatic rings. The molecule has 1 aromatic carbocycles. The van der Waals surface area contributed by atoms with Crippen LogP contribution in [0.3, 0.4) is 0 Å². The number of nitrogens with one attached hydrogen (secondary N) is 1. The van der Waals surface area contributed by atoms with E-state index in [2.05, 4.69) is 25.9 Å². The van der Waals surface area contributed by atoms with E-state index in [1.807, 2.05) is 58.9 Å². The molecule has 0 spiro atoms. The number of carbonyl (C=O) groups is 1. The quantitative estimate of drug-likeness (QED) is 0.791. The van der Waals surface area contributed by atoms with Crippen molar-refractivity contribution in [3.05, 3.63) is 47.5 Å². The third kappa shape index (κ3) is 3.42. The second-order valence-electron chi connectivity index (χ2n) is 6.89. The molecule has 0 aliphatic heterocycles. The van der Waals surface area contributed by atoms with Gasteiger partial charge in [-0.2, -0.15) is 9.78 Å². The largest absolute Gasteiger partial charge is 0.322 e. The molecule has 0 unspecified atom stereocenters. The van der Waals surface area contributed by atoms with E-state index in [0.29, 0.717) is 22.8 Å². The summed E-state index contributed by atoms with van der Waals surface area (Å²) >= 11 is 0. The molecule has 0 atom stereocenters. The molecule has 0 radical (unpaired) electrons. The van der Waals surface area contributed by atoms with Crippen molar-refractivity contribution in [1.29, 1.82) is 0 Å². The second kappa shape index (κ2) is 6.12. The van der Waals surface area contributed by atoms with Crippen LogP contribution in [0.1, 0.15) is 42.6 Å². The number of aryl methyl sites for hydroxylation is 2. The molecule has 130 valence electrons. The van der Waals surface area contributed by atoms with Crippen molar-refractivity contribution in [2.75, 3.05) is 5.32 Å². The molecule has 8 heteroatoms. The third-order valence-electron chi connectivity index (χ3n) is 3.80. The van der Waals surface area contributed by atoms with E-state index in [1.165, 1.54) is 0 Å². The summed E-state index contributed by atoms with van der Waals surface area (Å²) in [6.07, 6.45) is 1.78. The van der Waals surface area contributed by atoms with Gasteiger partial charge in [-0.15, -0.1) is 5.10 Å². The average molecular weight is 339 g/mol. The van der Waals surface area contributed by atoms with Gasteiger partial charge in [0.2, 0.25) is 0 Å². The van der Waals surface area contributed by atoms with E-state index < -0.39 is 0 Å². The van der Waals surface area contributed by atoms with Crippen LogP contribution in [0.15, 0.2) is 30.5 Å². The predicted molar refractivity (Wildman–Crippen MR) is 93.8 cm³/mol. The predicted octanol–water partition coefficient (Wildman–Crippen LogP) is 2.48. The smallest absolute Gasteiger partial charge is 0.259 e. The van der Waals surface area contributed by atoms with Crippen LogP contribution in [0.5, 0.6) is 0 Å². The Morgan fingerprint density at radius 3 is 2.56 bits per heavy atom. The Morgan fingerprint density at radius 1 is 1.20 bits per heavy atom. The molecule has 0 bridgehead atoms. The summed E-state index contributed by atoms with van der Waals surface area (Å²) in [4.78, 5) is 12.6. The minimum atomic E-state index is -0.196. The lowest BCUT2D eigenvalue weighted by molar-refractivity contribution is 0.102. The van der Waals surface area contributed by atoms with E-state index in [1.54, 1.807) is 15.6 Å². The summed E-state index contributed by atoms with van der Waals surface area (Å²) in [5, 5.41) is 18.8. The number of anilines is 1. The standard InChI is InChI=1S/C17H21N7O/c1-11-15(10-23(20-11)17(3,4)5)16(25)18-13-7-6-8-14(9-13)24-12(2)19-21-22-24/h6-10H,1-5H3,(H,18,25). The molecular formula is C17H21N7O. The van der Waals surface area contributed by atoms with Crippen molar-refractivity contribution < 1.29 is 4.79 Å². The Kier molecular flexibility index (Phi) is 4.12. The third-order valence-corrected chi connectivity index (χ3v) is 3.80. The highest BCUT2D eigenvalue weighted by atomic mass is 16.1. The van der Waals surface area contributed by atoms with Gasteiger partial charge in [0.1, 0.15) is 0 Å². The van der Waals surface area contributed by atoms with Crippen LogP contribution in [0, 0.1) is 13.8 Å². The Morgan fingerprint density at radius 2 is 1.96 bits per heavy atom. The van der Waals surface area contributed by atoms with Gasteiger partial charge >= 0.3 is 0 Å². The molecule has 8 nitrogen and oxygen atoms in total. The first-order chi connectivity index (χ1) is 11.8. The van der Waals surface area contributed by atoms with Gasteiger partial charge in [0.15, 0.2) is 5.82 Å². The van der Waals surface area contributed by atoms with Gasteiger partial charge in [-0.25, -0.2) is 0 Å². The van der Waals surface area contributed by atoms with Crippen LogP contribution in [-0.2, 0) is 5.54 Å². The highest BCUT2D eigenvalue weighted by molar-refractivity contribution is 6.05. The zero-order valence-electron chi connectivity index (χ0n) is 15.0. The summed E-state index contributed by atoms with van der Waals surface area (Å²) in [5.41, 5.74) is 2.52. The molecule has 1 N–H and O–H groups in total. The number of benzene rings is 1. The number of nitrogens with zero attached hydrogens (tertiary/aromatic N) is 6. The summed E-state index contributed by atoms with van der Waals surface area (Å²) in [5.74, 6) is 0.476. The number of hydrogen-bond acceptors (Lipinski definition) is 5. The van der Waals surface area contributed by atoms with Crippen molar-refractivity contribution in [3.63, 3.8) is 0 Å². The molecule has 0 aliphatic carbocycles. The van der Waals surface area contributed by atoms with E-state index >= 15 is 0 Å². The zero-order chi connectivity index (χ0) is 18.2. The van der Waals surface area contributed by atoms with Gasteiger partial charge in [-0.3, -0.25) is 9.48 Å². The molecule has 2 heterocycles. The Labute approximate surface area is 145 Å². The number of amides is 1. The molecule has 0 saturated carbocycles. The SMILES string of the molecule is Cc1nn(C(C)(C)C)cc1C(=O)Nc1cccc(-n2nnnc2C)c1. The molecule has 1 amide bonds. The van der Waals surface area contributed by atoms with E-state index in [0.717, 1.165) is 5.69 Å². The maximum Gasteiger partial charge on any atom is 0.259 e. The molecular weight excluding hydrogens is 318 g/mol. The summed E-state index contributed by atoms with van der Waals surface area (Å²) < 4.78 is 3.41. The van der Waals surface area contributed by atoms with Gasteiger partial charge < -0.3 is 5.32 Å². The van der Waals surface area contributed by atoms with Gasteiger partial charge in [-0.05, 0) is 63.2 Å².